The van der Waals surface area contributed by atoms with Crippen LogP contribution in [0.2, 0.25) is 5.02 Å². The van der Waals surface area contributed by atoms with E-state index in [-0.39, 0.29) is 18.3 Å². The largest absolute Gasteiger partial charge is 0.388 e. The molecule has 0 aliphatic carbocycles. The van der Waals surface area contributed by atoms with Crippen LogP contribution in [0.3, 0.4) is 0 Å². The topological polar surface area (TPSA) is 46.2 Å². The number of benzene rings is 2. The lowest BCUT2D eigenvalue weighted by molar-refractivity contribution is 0.147. The molecule has 0 saturated carbocycles. The number of aliphatic hydroxyl groups excluding tert-OH is 1. The summed E-state index contributed by atoms with van der Waals surface area (Å²) in [5, 5.41) is 11.0. The van der Waals surface area contributed by atoms with Crippen LogP contribution in [0.25, 0.3) is 0 Å². The highest BCUT2D eigenvalue weighted by Crippen LogP contribution is 2.31. The van der Waals surface area contributed by atoms with Crippen molar-refractivity contribution in [2.75, 3.05) is 6.54 Å². The second kappa shape index (κ2) is 6.15. The molecule has 2 nitrogen and oxygen atoms in total. The summed E-state index contributed by atoms with van der Waals surface area (Å²) < 4.78 is 13.2. The fraction of sp³-hybridized carbons (Fsp3) is 0.200. The van der Waals surface area contributed by atoms with Crippen LogP contribution in [-0.4, -0.2) is 11.7 Å². The number of nitrogens with two attached hydrogens (primary N) is 1. The molecule has 0 fully saturated rings. The summed E-state index contributed by atoms with van der Waals surface area (Å²) in [6.45, 7) is 0.263. The normalized spacial score (nSPS) is 14.1. The summed E-state index contributed by atoms with van der Waals surface area (Å²) in [7, 11) is 0. The summed E-state index contributed by atoms with van der Waals surface area (Å²) in [6.07, 6.45) is -0.845. The van der Waals surface area contributed by atoms with Crippen molar-refractivity contribution in [3.63, 3.8) is 0 Å². The maximum atomic E-state index is 13.2. The van der Waals surface area contributed by atoms with Gasteiger partial charge < -0.3 is 10.8 Å². The van der Waals surface area contributed by atoms with Gasteiger partial charge in [0.15, 0.2) is 0 Å². The molecule has 0 spiro atoms. The molecule has 0 aliphatic rings. The van der Waals surface area contributed by atoms with E-state index in [0.29, 0.717) is 10.6 Å². The lowest BCUT2D eigenvalue weighted by Gasteiger charge is -2.22. The zero-order valence-electron chi connectivity index (χ0n) is 10.3. The van der Waals surface area contributed by atoms with Crippen molar-refractivity contribution >= 4 is 11.6 Å². The van der Waals surface area contributed by atoms with Gasteiger partial charge in [0, 0.05) is 17.5 Å². The Morgan fingerprint density at radius 1 is 1.11 bits per heavy atom. The van der Waals surface area contributed by atoms with E-state index in [1.807, 2.05) is 12.1 Å². The van der Waals surface area contributed by atoms with Crippen molar-refractivity contribution in [1.82, 2.24) is 0 Å². The highest BCUT2D eigenvalue weighted by molar-refractivity contribution is 6.30. The highest BCUT2D eigenvalue weighted by Gasteiger charge is 2.21. The lowest BCUT2D eigenvalue weighted by atomic mass is 9.89. The fourth-order valence-electron chi connectivity index (χ4n) is 2.08. The van der Waals surface area contributed by atoms with E-state index in [1.54, 1.807) is 24.3 Å². The number of hydrogen-bond acceptors (Lipinski definition) is 2. The molecule has 0 heterocycles. The Morgan fingerprint density at radius 3 is 2.37 bits per heavy atom. The van der Waals surface area contributed by atoms with Gasteiger partial charge in [-0.3, -0.25) is 0 Å². The molecule has 2 aromatic rings. The molecule has 0 aromatic heterocycles. The summed E-state index contributed by atoms with van der Waals surface area (Å²) in [5.74, 6) is -0.664. The van der Waals surface area contributed by atoms with E-state index >= 15 is 0 Å². The average molecular weight is 280 g/mol. The average Bonchev–Trinajstić information content (AvgIpc) is 2.41. The summed E-state index contributed by atoms with van der Waals surface area (Å²) in [5.41, 5.74) is 7.13. The van der Waals surface area contributed by atoms with Crippen LogP contribution in [0.15, 0.2) is 48.5 Å². The van der Waals surface area contributed by atoms with E-state index < -0.39 is 6.10 Å². The number of aliphatic hydroxyl groups is 1. The van der Waals surface area contributed by atoms with E-state index in [2.05, 4.69) is 0 Å². The van der Waals surface area contributed by atoms with Crippen molar-refractivity contribution in [1.29, 1.82) is 0 Å². The van der Waals surface area contributed by atoms with Gasteiger partial charge in [-0.25, -0.2) is 4.39 Å². The summed E-state index contributed by atoms with van der Waals surface area (Å²) >= 11 is 5.83. The molecule has 4 heteroatoms. The summed E-state index contributed by atoms with van der Waals surface area (Å²) in [4.78, 5) is 0. The van der Waals surface area contributed by atoms with E-state index in [4.69, 9.17) is 17.3 Å². The molecule has 0 saturated heterocycles. The van der Waals surface area contributed by atoms with Crippen LogP contribution in [-0.2, 0) is 0 Å². The zero-order valence-corrected chi connectivity index (χ0v) is 11.0. The van der Waals surface area contributed by atoms with Crippen LogP contribution >= 0.6 is 11.6 Å². The van der Waals surface area contributed by atoms with Gasteiger partial charge in [-0.1, -0.05) is 35.9 Å². The van der Waals surface area contributed by atoms with Crippen LogP contribution in [0.1, 0.15) is 23.1 Å². The third-order valence-corrected chi connectivity index (χ3v) is 3.38. The van der Waals surface area contributed by atoms with Gasteiger partial charge in [0.1, 0.15) is 5.82 Å². The standard InChI is InChI=1S/C15H15ClFNO/c16-12-6-4-10(5-7-12)14(9-18)15(19)11-2-1-3-13(17)8-11/h1-8,14-15,19H,9,18H2. The third-order valence-electron chi connectivity index (χ3n) is 3.12. The Bertz CT molecular complexity index is 544. The van der Waals surface area contributed by atoms with Crippen molar-refractivity contribution < 1.29 is 9.50 Å². The molecule has 0 bridgehead atoms. The molecular formula is C15H15ClFNO. The number of rotatable bonds is 4. The predicted octanol–water partition coefficient (Wildman–Crippen LogP) is 3.26. The Hall–Kier alpha value is -1.42. The molecule has 2 atom stereocenters. The monoisotopic (exact) mass is 279 g/mol. The smallest absolute Gasteiger partial charge is 0.123 e. The minimum Gasteiger partial charge on any atom is -0.388 e. The first-order chi connectivity index (χ1) is 9.11. The van der Waals surface area contributed by atoms with Gasteiger partial charge in [-0.15, -0.1) is 0 Å². The molecule has 2 unspecified atom stereocenters. The lowest BCUT2D eigenvalue weighted by Crippen LogP contribution is -2.20. The quantitative estimate of drug-likeness (QED) is 0.902. The maximum Gasteiger partial charge on any atom is 0.123 e. The van der Waals surface area contributed by atoms with Crippen molar-refractivity contribution in [2.24, 2.45) is 5.73 Å². The molecule has 2 rings (SSSR count). The predicted molar refractivity (Wildman–Crippen MR) is 74.6 cm³/mol. The van der Waals surface area contributed by atoms with Gasteiger partial charge in [-0.2, -0.15) is 0 Å². The Kier molecular flexibility index (Phi) is 4.53. The van der Waals surface area contributed by atoms with Crippen LogP contribution in [0.5, 0.6) is 0 Å². The minimum atomic E-state index is -0.845. The van der Waals surface area contributed by atoms with Gasteiger partial charge in [0.2, 0.25) is 0 Å². The summed E-state index contributed by atoms with van der Waals surface area (Å²) in [6, 6.07) is 13.1. The van der Waals surface area contributed by atoms with Gasteiger partial charge in [0.25, 0.3) is 0 Å². The van der Waals surface area contributed by atoms with Crippen LogP contribution in [0, 0.1) is 5.82 Å². The molecule has 2 aromatic carbocycles. The molecule has 0 amide bonds. The second-order valence-corrected chi connectivity index (χ2v) is 4.83. The zero-order chi connectivity index (χ0) is 13.8. The maximum absolute atomic E-state index is 13.2. The van der Waals surface area contributed by atoms with E-state index in [9.17, 15) is 9.50 Å². The van der Waals surface area contributed by atoms with Crippen LogP contribution < -0.4 is 5.73 Å². The molecule has 19 heavy (non-hydrogen) atoms. The van der Waals surface area contributed by atoms with Crippen molar-refractivity contribution in [3.8, 4) is 0 Å². The molecule has 0 radical (unpaired) electrons. The molecule has 3 N–H and O–H groups in total. The Morgan fingerprint density at radius 2 is 1.79 bits per heavy atom. The number of halogens is 2. The molecular weight excluding hydrogens is 265 g/mol. The first-order valence-electron chi connectivity index (χ1n) is 6.01. The van der Waals surface area contributed by atoms with E-state index in [0.717, 1.165) is 5.56 Å². The van der Waals surface area contributed by atoms with Crippen LogP contribution in [0.4, 0.5) is 4.39 Å². The van der Waals surface area contributed by atoms with E-state index in [1.165, 1.54) is 12.1 Å². The molecule has 100 valence electrons. The third kappa shape index (κ3) is 3.32. The minimum absolute atomic E-state index is 0.263. The fourth-order valence-corrected chi connectivity index (χ4v) is 2.21. The highest BCUT2D eigenvalue weighted by atomic mass is 35.5. The van der Waals surface area contributed by atoms with Crippen molar-refractivity contribution in [3.05, 3.63) is 70.5 Å². The van der Waals surface area contributed by atoms with Gasteiger partial charge >= 0.3 is 0 Å². The van der Waals surface area contributed by atoms with Gasteiger partial charge in [0.05, 0.1) is 6.10 Å². The first-order valence-corrected chi connectivity index (χ1v) is 6.38. The SMILES string of the molecule is NCC(c1ccc(Cl)cc1)C(O)c1cccc(F)c1. The second-order valence-electron chi connectivity index (χ2n) is 4.39. The Labute approximate surface area is 116 Å². The van der Waals surface area contributed by atoms with Gasteiger partial charge in [-0.05, 0) is 35.4 Å². The number of hydrogen-bond donors (Lipinski definition) is 2. The molecule has 0 aliphatic heterocycles. The first kappa shape index (κ1) is 14.0. The van der Waals surface area contributed by atoms with Crippen molar-refractivity contribution in [2.45, 2.75) is 12.0 Å². The Balaban J connectivity index is 2.28.